The number of nitrogen functional groups attached to an aromatic ring is 1. The highest BCUT2D eigenvalue weighted by atomic mass is 19.1. The normalized spacial score (nSPS) is 11.5. The van der Waals surface area contributed by atoms with Gasteiger partial charge in [0.15, 0.2) is 0 Å². The quantitative estimate of drug-likeness (QED) is 0.413. The maximum Gasteiger partial charge on any atom is 0.253 e. The fraction of sp³-hybridized carbons (Fsp3) is 0.130. The second-order valence-corrected chi connectivity index (χ2v) is 7.22. The molecule has 4 N–H and O–H groups in total. The van der Waals surface area contributed by atoms with Crippen molar-refractivity contribution in [2.45, 2.75) is 19.5 Å². The van der Waals surface area contributed by atoms with E-state index in [1.807, 2.05) is 12.1 Å². The van der Waals surface area contributed by atoms with Crippen molar-refractivity contribution in [3.05, 3.63) is 83.3 Å². The minimum absolute atomic E-state index is 0.0393. The van der Waals surface area contributed by atoms with Gasteiger partial charge in [0.2, 0.25) is 0 Å². The molecule has 0 unspecified atom stereocenters. The van der Waals surface area contributed by atoms with E-state index in [2.05, 4.69) is 30.6 Å². The summed E-state index contributed by atoms with van der Waals surface area (Å²) < 4.78 is 13.8. The van der Waals surface area contributed by atoms with Crippen molar-refractivity contribution in [1.29, 1.82) is 5.26 Å². The van der Waals surface area contributed by atoms with Crippen molar-refractivity contribution in [2.75, 3.05) is 11.1 Å². The maximum atomic E-state index is 13.8. The summed E-state index contributed by atoms with van der Waals surface area (Å²) in [6.07, 6.45) is 2.88. The number of amides is 1. The van der Waals surface area contributed by atoms with E-state index in [4.69, 9.17) is 5.73 Å². The summed E-state index contributed by atoms with van der Waals surface area (Å²) >= 11 is 0. The van der Waals surface area contributed by atoms with Crippen molar-refractivity contribution < 1.29 is 9.18 Å². The number of nitrogens with zero attached hydrogens (tertiary/aromatic N) is 5. The van der Waals surface area contributed by atoms with Gasteiger partial charge in [0.05, 0.1) is 35.1 Å². The predicted octanol–water partition coefficient (Wildman–Crippen LogP) is 3.12. The van der Waals surface area contributed by atoms with Gasteiger partial charge >= 0.3 is 0 Å². The smallest absolute Gasteiger partial charge is 0.253 e. The molecule has 33 heavy (non-hydrogen) atoms. The molecule has 1 amide bonds. The molecule has 4 aromatic rings. The van der Waals surface area contributed by atoms with Crippen LogP contribution in [-0.4, -0.2) is 25.8 Å². The minimum atomic E-state index is -0.545. The van der Waals surface area contributed by atoms with Crippen molar-refractivity contribution in [1.82, 2.24) is 25.3 Å². The van der Waals surface area contributed by atoms with E-state index in [-0.39, 0.29) is 29.3 Å². The first-order valence-electron chi connectivity index (χ1n) is 10.0. The molecule has 0 saturated heterocycles. The SMILES string of the molecule is C[C@H](Nc1ncnc(N)c1C#N)c1nc2ccc(F)cc2cc1C(=O)NCc1ccccn1. The van der Waals surface area contributed by atoms with Crippen LogP contribution in [0.4, 0.5) is 16.0 Å². The van der Waals surface area contributed by atoms with Gasteiger partial charge in [-0.15, -0.1) is 0 Å². The number of rotatable bonds is 6. The molecular weight excluding hydrogens is 423 g/mol. The third-order valence-corrected chi connectivity index (χ3v) is 4.96. The third kappa shape index (κ3) is 4.67. The van der Waals surface area contributed by atoms with Gasteiger partial charge in [-0.3, -0.25) is 9.78 Å². The molecule has 3 heterocycles. The van der Waals surface area contributed by atoms with Crippen LogP contribution in [-0.2, 0) is 6.54 Å². The molecule has 0 bridgehead atoms. The average molecular weight is 442 g/mol. The van der Waals surface area contributed by atoms with E-state index in [0.29, 0.717) is 22.3 Å². The molecule has 1 atom stereocenters. The van der Waals surface area contributed by atoms with E-state index >= 15 is 0 Å². The van der Waals surface area contributed by atoms with Crippen LogP contribution in [0.15, 0.2) is 55.0 Å². The van der Waals surface area contributed by atoms with Crippen LogP contribution >= 0.6 is 0 Å². The third-order valence-electron chi connectivity index (χ3n) is 4.96. The summed E-state index contributed by atoms with van der Waals surface area (Å²) in [7, 11) is 0. The standard InChI is InChI=1S/C23H19FN8O/c1-13(31-22-18(10-25)21(26)29-12-30-22)20-17(9-14-8-15(24)5-6-19(14)32-20)23(33)28-11-16-4-2-3-7-27-16/h2-9,12-13H,11H2,1H3,(H,28,33)(H3,26,29,30,31)/t13-/m0/s1. The largest absolute Gasteiger partial charge is 0.382 e. The Bertz CT molecular complexity index is 1370. The summed E-state index contributed by atoms with van der Waals surface area (Å²) in [4.78, 5) is 29.8. The molecule has 9 nitrogen and oxygen atoms in total. The number of nitrogens with two attached hydrogens (primary N) is 1. The molecule has 1 aromatic carbocycles. The molecule has 0 fully saturated rings. The predicted molar refractivity (Wildman–Crippen MR) is 120 cm³/mol. The van der Waals surface area contributed by atoms with E-state index in [9.17, 15) is 14.4 Å². The van der Waals surface area contributed by atoms with Crippen LogP contribution < -0.4 is 16.4 Å². The van der Waals surface area contributed by atoms with Gasteiger partial charge in [0.1, 0.15) is 35.4 Å². The number of aromatic nitrogens is 4. The first-order valence-corrected chi connectivity index (χ1v) is 10.0. The molecule has 0 saturated carbocycles. The zero-order chi connectivity index (χ0) is 23.4. The molecule has 0 radical (unpaired) electrons. The highest BCUT2D eigenvalue weighted by molar-refractivity contribution is 5.99. The molecule has 0 spiro atoms. The number of benzene rings is 1. The van der Waals surface area contributed by atoms with Gasteiger partial charge in [-0.25, -0.2) is 19.3 Å². The Balaban J connectivity index is 1.71. The van der Waals surface area contributed by atoms with E-state index < -0.39 is 17.8 Å². The lowest BCUT2D eigenvalue weighted by molar-refractivity contribution is 0.0949. The monoisotopic (exact) mass is 442 g/mol. The molecule has 164 valence electrons. The van der Waals surface area contributed by atoms with E-state index in [1.54, 1.807) is 37.4 Å². The van der Waals surface area contributed by atoms with Crippen molar-refractivity contribution in [2.24, 2.45) is 0 Å². The van der Waals surface area contributed by atoms with Crippen LogP contribution in [0.25, 0.3) is 10.9 Å². The van der Waals surface area contributed by atoms with Crippen LogP contribution in [0.5, 0.6) is 0 Å². The van der Waals surface area contributed by atoms with Crippen LogP contribution in [0.3, 0.4) is 0 Å². The summed E-state index contributed by atoms with van der Waals surface area (Å²) in [6, 6.07) is 12.6. The van der Waals surface area contributed by atoms with Crippen LogP contribution in [0.2, 0.25) is 0 Å². The number of fused-ring (bicyclic) bond motifs is 1. The Morgan fingerprint density at radius 3 is 2.82 bits per heavy atom. The molecule has 0 aliphatic rings. The summed E-state index contributed by atoms with van der Waals surface area (Å²) in [6.45, 7) is 1.98. The number of pyridine rings is 2. The Labute approximate surface area is 188 Å². The second kappa shape index (κ2) is 9.23. The Morgan fingerprint density at radius 2 is 2.06 bits per heavy atom. The zero-order valence-corrected chi connectivity index (χ0v) is 17.6. The molecule has 0 aliphatic heterocycles. The van der Waals surface area contributed by atoms with Gasteiger partial charge in [0, 0.05) is 11.6 Å². The highest BCUT2D eigenvalue weighted by Gasteiger charge is 2.21. The van der Waals surface area contributed by atoms with Gasteiger partial charge < -0.3 is 16.4 Å². The van der Waals surface area contributed by atoms with Crippen LogP contribution in [0, 0.1) is 17.1 Å². The molecule has 10 heteroatoms. The van der Waals surface area contributed by atoms with Crippen LogP contribution in [0.1, 0.15) is 40.3 Å². The van der Waals surface area contributed by atoms with E-state index in [0.717, 1.165) is 0 Å². The van der Waals surface area contributed by atoms with Crippen molar-refractivity contribution in [3.8, 4) is 6.07 Å². The molecule has 0 aliphatic carbocycles. The molecule has 4 rings (SSSR count). The number of carbonyl (C=O) groups is 1. The lowest BCUT2D eigenvalue weighted by Gasteiger charge is -2.19. The Kier molecular flexibility index (Phi) is 6.04. The van der Waals surface area contributed by atoms with Gasteiger partial charge in [-0.05, 0) is 43.3 Å². The molecular formula is C23H19FN8O. The topological polar surface area (TPSA) is 142 Å². The number of hydrogen-bond acceptors (Lipinski definition) is 8. The number of hydrogen-bond donors (Lipinski definition) is 3. The number of carbonyl (C=O) groups excluding carboxylic acids is 1. The number of nitriles is 1. The van der Waals surface area contributed by atoms with Gasteiger partial charge in [-0.2, -0.15) is 5.26 Å². The van der Waals surface area contributed by atoms with E-state index in [1.165, 1.54) is 18.5 Å². The summed E-state index contributed by atoms with van der Waals surface area (Å²) in [5.74, 6) is -0.570. The zero-order valence-electron chi connectivity index (χ0n) is 17.6. The minimum Gasteiger partial charge on any atom is -0.382 e. The Morgan fingerprint density at radius 1 is 1.21 bits per heavy atom. The lowest BCUT2D eigenvalue weighted by Crippen LogP contribution is -2.26. The maximum absolute atomic E-state index is 13.8. The highest BCUT2D eigenvalue weighted by Crippen LogP contribution is 2.26. The number of anilines is 2. The number of nitrogens with one attached hydrogen (secondary N) is 2. The van der Waals surface area contributed by atoms with Gasteiger partial charge in [0.25, 0.3) is 5.91 Å². The van der Waals surface area contributed by atoms with Gasteiger partial charge in [-0.1, -0.05) is 6.07 Å². The summed E-state index contributed by atoms with van der Waals surface area (Å²) in [5, 5.41) is 15.8. The Hall–Kier alpha value is -4.65. The van der Waals surface area contributed by atoms with Crippen molar-refractivity contribution >= 4 is 28.4 Å². The van der Waals surface area contributed by atoms with Crippen molar-refractivity contribution in [3.63, 3.8) is 0 Å². The first-order chi connectivity index (χ1) is 16.0. The number of halogens is 1. The fourth-order valence-electron chi connectivity index (χ4n) is 3.34. The first kappa shape index (κ1) is 21.6. The fourth-order valence-corrected chi connectivity index (χ4v) is 3.34. The second-order valence-electron chi connectivity index (χ2n) is 7.22. The molecule has 3 aromatic heterocycles. The summed E-state index contributed by atoms with van der Waals surface area (Å²) in [5.41, 5.74) is 7.72. The lowest BCUT2D eigenvalue weighted by atomic mass is 10.0. The average Bonchev–Trinajstić information content (AvgIpc) is 2.82.